The predicted molar refractivity (Wildman–Crippen MR) is 73.1 cm³/mol. The van der Waals surface area contributed by atoms with E-state index in [1.165, 1.54) is 0 Å². The number of nitriles is 1. The quantitative estimate of drug-likeness (QED) is 0.821. The predicted octanol–water partition coefficient (Wildman–Crippen LogP) is 2.92. The third-order valence-electron chi connectivity index (χ3n) is 2.64. The highest BCUT2D eigenvalue weighted by molar-refractivity contribution is 9.10. The SMILES string of the molecule is CN(CCCCCO)c1ccc(Br)cc1C#N. The van der Waals surface area contributed by atoms with Crippen LogP contribution in [0.2, 0.25) is 0 Å². The van der Waals surface area contributed by atoms with Gasteiger partial charge >= 0.3 is 0 Å². The first-order chi connectivity index (χ1) is 8.19. The van der Waals surface area contributed by atoms with Crippen molar-refractivity contribution in [2.45, 2.75) is 19.3 Å². The molecule has 3 nitrogen and oxygen atoms in total. The van der Waals surface area contributed by atoms with E-state index >= 15 is 0 Å². The first kappa shape index (κ1) is 14.0. The van der Waals surface area contributed by atoms with Crippen molar-refractivity contribution in [2.24, 2.45) is 0 Å². The fourth-order valence-electron chi connectivity index (χ4n) is 1.69. The Morgan fingerprint density at radius 3 is 2.76 bits per heavy atom. The maximum Gasteiger partial charge on any atom is 0.101 e. The van der Waals surface area contributed by atoms with E-state index < -0.39 is 0 Å². The Labute approximate surface area is 111 Å². The summed E-state index contributed by atoms with van der Waals surface area (Å²) in [6, 6.07) is 7.94. The first-order valence-corrected chi connectivity index (χ1v) is 6.50. The molecule has 1 aromatic rings. The third-order valence-corrected chi connectivity index (χ3v) is 3.14. The molecule has 1 aromatic carbocycles. The number of nitrogens with zero attached hydrogens (tertiary/aromatic N) is 2. The lowest BCUT2D eigenvalue weighted by atomic mass is 10.1. The van der Waals surface area contributed by atoms with Gasteiger partial charge in [-0.3, -0.25) is 0 Å². The van der Waals surface area contributed by atoms with E-state index in [4.69, 9.17) is 10.4 Å². The average Bonchev–Trinajstić information content (AvgIpc) is 2.34. The number of hydrogen-bond donors (Lipinski definition) is 1. The van der Waals surface area contributed by atoms with Crippen LogP contribution in [-0.2, 0) is 0 Å². The fraction of sp³-hybridized carbons (Fsp3) is 0.462. The van der Waals surface area contributed by atoms with Crippen LogP contribution < -0.4 is 4.90 Å². The van der Waals surface area contributed by atoms with Gasteiger partial charge in [0.05, 0.1) is 11.3 Å². The summed E-state index contributed by atoms with van der Waals surface area (Å²) in [6.45, 7) is 1.15. The van der Waals surface area contributed by atoms with Crippen LogP contribution in [0, 0.1) is 11.3 Å². The van der Waals surface area contributed by atoms with Crippen LogP contribution in [0.15, 0.2) is 22.7 Å². The summed E-state index contributed by atoms with van der Waals surface area (Å²) < 4.78 is 0.923. The number of rotatable bonds is 6. The smallest absolute Gasteiger partial charge is 0.101 e. The first-order valence-electron chi connectivity index (χ1n) is 5.70. The lowest BCUT2D eigenvalue weighted by Gasteiger charge is -2.20. The van der Waals surface area contributed by atoms with Crippen molar-refractivity contribution in [1.29, 1.82) is 5.26 Å². The van der Waals surface area contributed by atoms with Gasteiger partial charge in [-0.1, -0.05) is 15.9 Å². The molecule has 17 heavy (non-hydrogen) atoms. The molecule has 0 heterocycles. The molecular weight excluding hydrogens is 280 g/mol. The van der Waals surface area contributed by atoms with Gasteiger partial charge in [0, 0.05) is 24.7 Å². The van der Waals surface area contributed by atoms with E-state index in [1.54, 1.807) is 0 Å². The van der Waals surface area contributed by atoms with Crippen molar-refractivity contribution in [3.63, 3.8) is 0 Å². The van der Waals surface area contributed by atoms with Crippen molar-refractivity contribution in [2.75, 3.05) is 25.1 Å². The zero-order valence-corrected chi connectivity index (χ0v) is 11.6. The molecular formula is C13H17BrN2O. The molecule has 0 aliphatic rings. The number of hydrogen-bond acceptors (Lipinski definition) is 3. The highest BCUT2D eigenvalue weighted by Crippen LogP contribution is 2.23. The third kappa shape index (κ3) is 4.37. The molecule has 0 radical (unpaired) electrons. The average molecular weight is 297 g/mol. The summed E-state index contributed by atoms with van der Waals surface area (Å²) in [6.07, 6.45) is 2.89. The van der Waals surface area contributed by atoms with Gasteiger partial charge in [-0.25, -0.2) is 0 Å². The van der Waals surface area contributed by atoms with Gasteiger partial charge in [-0.2, -0.15) is 5.26 Å². The summed E-state index contributed by atoms with van der Waals surface area (Å²) in [7, 11) is 1.99. The van der Waals surface area contributed by atoms with Crippen LogP contribution in [0.25, 0.3) is 0 Å². The lowest BCUT2D eigenvalue weighted by molar-refractivity contribution is 0.283. The number of benzene rings is 1. The second-order valence-electron chi connectivity index (χ2n) is 3.98. The topological polar surface area (TPSA) is 47.3 Å². The van der Waals surface area contributed by atoms with Gasteiger partial charge in [0.25, 0.3) is 0 Å². The van der Waals surface area contributed by atoms with E-state index in [1.807, 2.05) is 25.2 Å². The van der Waals surface area contributed by atoms with E-state index in [-0.39, 0.29) is 6.61 Å². The maximum absolute atomic E-state index is 9.07. The van der Waals surface area contributed by atoms with Gasteiger partial charge in [-0.15, -0.1) is 0 Å². The Hall–Kier alpha value is -1.05. The van der Waals surface area contributed by atoms with Crippen LogP contribution in [-0.4, -0.2) is 25.3 Å². The molecule has 0 aliphatic heterocycles. The molecule has 0 saturated carbocycles. The van der Waals surface area contributed by atoms with Gasteiger partial charge in [0.1, 0.15) is 6.07 Å². The minimum atomic E-state index is 0.255. The molecule has 0 aromatic heterocycles. The number of unbranched alkanes of at least 4 members (excludes halogenated alkanes) is 2. The van der Waals surface area contributed by atoms with Gasteiger partial charge < -0.3 is 10.0 Å². The number of aliphatic hydroxyl groups excluding tert-OH is 1. The van der Waals surface area contributed by atoms with Crippen LogP contribution in [0.1, 0.15) is 24.8 Å². The zero-order chi connectivity index (χ0) is 12.7. The zero-order valence-electron chi connectivity index (χ0n) is 9.99. The molecule has 1 rings (SSSR count). The Kier molecular flexibility index (Phi) is 6.03. The molecule has 0 amide bonds. The maximum atomic E-state index is 9.07. The van der Waals surface area contributed by atoms with Gasteiger partial charge in [0.2, 0.25) is 0 Å². The van der Waals surface area contributed by atoms with Crippen molar-refractivity contribution in [1.82, 2.24) is 0 Å². The molecule has 0 atom stereocenters. The summed E-state index contributed by atoms with van der Waals surface area (Å²) in [5.41, 5.74) is 1.64. The highest BCUT2D eigenvalue weighted by Gasteiger charge is 2.07. The van der Waals surface area contributed by atoms with Gasteiger partial charge in [-0.05, 0) is 37.5 Å². The molecule has 0 saturated heterocycles. The lowest BCUT2D eigenvalue weighted by Crippen LogP contribution is -2.19. The minimum absolute atomic E-state index is 0.255. The van der Waals surface area contributed by atoms with E-state index in [0.29, 0.717) is 5.56 Å². The largest absolute Gasteiger partial charge is 0.396 e. The molecule has 0 unspecified atom stereocenters. The van der Waals surface area contributed by atoms with E-state index in [0.717, 1.165) is 36.0 Å². The monoisotopic (exact) mass is 296 g/mol. The van der Waals surface area contributed by atoms with E-state index in [9.17, 15) is 0 Å². The van der Waals surface area contributed by atoms with Crippen molar-refractivity contribution in [3.05, 3.63) is 28.2 Å². The molecule has 1 N–H and O–H groups in total. The van der Waals surface area contributed by atoms with Crippen LogP contribution in [0.4, 0.5) is 5.69 Å². The molecule has 0 aliphatic carbocycles. The number of aliphatic hydroxyl groups is 1. The number of anilines is 1. The minimum Gasteiger partial charge on any atom is -0.396 e. The molecule has 0 spiro atoms. The highest BCUT2D eigenvalue weighted by atomic mass is 79.9. The van der Waals surface area contributed by atoms with E-state index in [2.05, 4.69) is 26.9 Å². The summed E-state index contributed by atoms with van der Waals surface area (Å²) in [5, 5.41) is 17.8. The normalized spacial score (nSPS) is 10.0. The molecule has 92 valence electrons. The van der Waals surface area contributed by atoms with Crippen LogP contribution >= 0.6 is 15.9 Å². The van der Waals surface area contributed by atoms with Crippen molar-refractivity contribution in [3.8, 4) is 6.07 Å². The van der Waals surface area contributed by atoms with Crippen LogP contribution in [0.3, 0.4) is 0 Å². The fourth-order valence-corrected chi connectivity index (χ4v) is 2.05. The van der Waals surface area contributed by atoms with Gasteiger partial charge in [0.15, 0.2) is 0 Å². The molecule has 0 fully saturated rings. The Balaban J connectivity index is 2.62. The summed E-state index contributed by atoms with van der Waals surface area (Å²) in [5.74, 6) is 0. The Morgan fingerprint density at radius 1 is 1.35 bits per heavy atom. The van der Waals surface area contributed by atoms with Crippen molar-refractivity contribution >= 4 is 21.6 Å². The van der Waals surface area contributed by atoms with Crippen molar-refractivity contribution < 1.29 is 5.11 Å². The molecule has 0 bridgehead atoms. The summed E-state index contributed by atoms with van der Waals surface area (Å²) in [4.78, 5) is 2.09. The number of halogens is 1. The molecule has 4 heteroatoms. The standard InChI is InChI=1S/C13H17BrN2O/c1-16(7-3-2-4-8-17)13-6-5-12(14)9-11(13)10-15/h5-6,9,17H,2-4,7-8H2,1H3. The van der Waals surface area contributed by atoms with Crippen LogP contribution in [0.5, 0.6) is 0 Å². The second-order valence-corrected chi connectivity index (χ2v) is 4.89. The second kappa shape index (κ2) is 7.31. The Bertz CT molecular complexity index is 401. The summed E-state index contributed by atoms with van der Waals surface area (Å²) >= 11 is 3.36. The Morgan fingerprint density at radius 2 is 2.12 bits per heavy atom.